The SMILES string of the molecule is CCC(C(=O)NCCN(C)C1CC1)C(N)=S. The van der Waals surface area contributed by atoms with Gasteiger partial charge < -0.3 is 16.0 Å². The molecular weight excluding hydrogens is 222 g/mol. The largest absolute Gasteiger partial charge is 0.393 e. The lowest BCUT2D eigenvalue weighted by Gasteiger charge is -2.17. The lowest BCUT2D eigenvalue weighted by molar-refractivity contribution is -0.123. The molecule has 1 saturated carbocycles. The fourth-order valence-electron chi connectivity index (χ4n) is 1.69. The van der Waals surface area contributed by atoms with Crippen LogP contribution in [0.4, 0.5) is 0 Å². The first-order valence-electron chi connectivity index (χ1n) is 5.83. The Labute approximate surface area is 103 Å². The van der Waals surface area contributed by atoms with Crippen molar-refractivity contribution in [1.82, 2.24) is 10.2 Å². The standard InChI is InChI=1S/C11H21N3OS/c1-3-9(10(12)16)11(15)13-6-7-14(2)8-4-5-8/h8-9H,3-7H2,1-2H3,(H2,12,16)(H,13,15). The summed E-state index contributed by atoms with van der Waals surface area (Å²) in [6.45, 7) is 3.48. The molecule has 16 heavy (non-hydrogen) atoms. The van der Waals surface area contributed by atoms with Crippen molar-refractivity contribution < 1.29 is 4.79 Å². The van der Waals surface area contributed by atoms with Crippen LogP contribution in [0.3, 0.4) is 0 Å². The molecular formula is C11H21N3OS. The highest BCUT2D eigenvalue weighted by atomic mass is 32.1. The van der Waals surface area contributed by atoms with Gasteiger partial charge in [-0.2, -0.15) is 0 Å². The first-order valence-corrected chi connectivity index (χ1v) is 6.24. The number of hydrogen-bond donors (Lipinski definition) is 2. The molecule has 3 N–H and O–H groups in total. The maximum atomic E-state index is 11.7. The summed E-state index contributed by atoms with van der Waals surface area (Å²) >= 11 is 4.85. The van der Waals surface area contributed by atoms with Gasteiger partial charge in [-0.25, -0.2) is 0 Å². The molecule has 0 saturated heterocycles. The van der Waals surface area contributed by atoms with Crippen LogP contribution in [0, 0.1) is 5.92 Å². The molecule has 1 unspecified atom stereocenters. The Kier molecular flexibility index (Phi) is 5.15. The second-order valence-corrected chi connectivity index (χ2v) is 4.84. The number of hydrogen-bond acceptors (Lipinski definition) is 3. The van der Waals surface area contributed by atoms with Gasteiger partial charge in [0, 0.05) is 19.1 Å². The predicted octanol–water partition coefficient (Wildman–Crippen LogP) is 0.509. The maximum absolute atomic E-state index is 11.7. The maximum Gasteiger partial charge on any atom is 0.229 e. The summed E-state index contributed by atoms with van der Waals surface area (Å²) in [6, 6.07) is 0.731. The topological polar surface area (TPSA) is 58.4 Å². The predicted molar refractivity (Wildman–Crippen MR) is 69.2 cm³/mol. The minimum atomic E-state index is -0.318. The van der Waals surface area contributed by atoms with Crippen LogP contribution in [0.15, 0.2) is 0 Å². The Morgan fingerprint density at radius 2 is 2.25 bits per heavy atom. The third kappa shape index (κ3) is 4.06. The van der Waals surface area contributed by atoms with E-state index in [0.29, 0.717) is 13.0 Å². The number of likely N-dealkylation sites (N-methyl/N-ethyl adjacent to an activating group) is 1. The first kappa shape index (κ1) is 13.4. The molecule has 0 aromatic heterocycles. The van der Waals surface area contributed by atoms with Crippen molar-refractivity contribution in [3.8, 4) is 0 Å². The van der Waals surface area contributed by atoms with Gasteiger partial charge in [0.05, 0.1) is 10.9 Å². The van der Waals surface area contributed by atoms with E-state index in [-0.39, 0.29) is 16.8 Å². The van der Waals surface area contributed by atoms with E-state index < -0.39 is 0 Å². The Balaban J connectivity index is 2.20. The van der Waals surface area contributed by atoms with E-state index >= 15 is 0 Å². The van der Waals surface area contributed by atoms with E-state index in [4.69, 9.17) is 18.0 Å². The minimum absolute atomic E-state index is 0.0424. The number of rotatable bonds is 7. The highest BCUT2D eigenvalue weighted by Gasteiger charge is 2.26. The van der Waals surface area contributed by atoms with Crippen LogP contribution in [0.2, 0.25) is 0 Å². The Hall–Kier alpha value is -0.680. The average Bonchev–Trinajstić information content (AvgIpc) is 3.00. The zero-order chi connectivity index (χ0) is 12.1. The summed E-state index contributed by atoms with van der Waals surface area (Å²) in [6.07, 6.45) is 3.24. The van der Waals surface area contributed by atoms with E-state index in [0.717, 1.165) is 12.6 Å². The number of thiocarbonyl (C=S) groups is 1. The highest BCUT2D eigenvalue weighted by molar-refractivity contribution is 7.80. The van der Waals surface area contributed by atoms with Crippen molar-refractivity contribution >= 4 is 23.1 Å². The van der Waals surface area contributed by atoms with Crippen LogP contribution in [0.25, 0.3) is 0 Å². The number of nitrogens with zero attached hydrogens (tertiary/aromatic N) is 1. The molecule has 1 aliphatic rings. The third-order valence-electron chi connectivity index (χ3n) is 3.00. The van der Waals surface area contributed by atoms with Crippen molar-refractivity contribution in [1.29, 1.82) is 0 Å². The molecule has 0 aliphatic heterocycles. The molecule has 5 heteroatoms. The van der Waals surface area contributed by atoms with Gasteiger partial charge in [-0.3, -0.25) is 4.79 Å². The van der Waals surface area contributed by atoms with E-state index in [1.165, 1.54) is 12.8 Å². The molecule has 1 atom stereocenters. The summed E-state index contributed by atoms with van der Waals surface area (Å²) in [5.41, 5.74) is 5.50. The zero-order valence-corrected chi connectivity index (χ0v) is 10.8. The monoisotopic (exact) mass is 243 g/mol. The second kappa shape index (κ2) is 6.15. The smallest absolute Gasteiger partial charge is 0.229 e. The van der Waals surface area contributed by atoms with Crippen LogP contribution in [0.1, 0.15) is 26.2 Å². The normalized spacial score (nSPS) is 17.2. The van der Waals surface area contributed by atoms with Gasteiger partial charge >= 0.3 is 0 Å². The molecule has 1 aliphatic carbocycles. The molecule has 1 amide bonds. The second-order valence-electron chi connectivity index (χ2n) is 4.37. The Morgan fingerprint density at radius 1 is 1.62 bits per heavy atom. The average molecular weight is 243 g/mol. The van der Waals surface area contributed by atoms with Crippen molar-refractivity contribution in [3.05, 3.63) is 0 Å². The Bertz CT molecular complexity index is 266. The van der Waals surface area contributed by atoms with Gasteiger partial charge in [-0.05, 0) is 26.3 Å². The molecule has 0 spiro atoms. The van der Waals surface area contributed by atoms with Crippen molar-refractivity contribution in [2.24, 2.45) is 11.7 Å². The summed E-state index contributed by atoms with van der Waals surface area (Å²) in [5.74, 6) is -0.361. The summed E-state index contributed by atoms with van der Waals surface area (Å²) in [7, 11) is 2.09. The van der Waals surface area contributed by atoms with Crippen LogP contribution >= 0.6 is 12.2 Å². The quantitative estimate of drug-likeness (QED) is 0.640. The number of carbonyl (C=O) groups excluding carboxylic acids is 1. The molecule has 4 nitrogen and oxygen atoms in total. The van der Waals surface area contributed by atoms with Gasteiger partial charge in [0.1, 0.15) is 0 Å². The third-order valence-corrected chi connectivity index (χ3v) is 3.29. The lowest BCUT2D eigenvalue weighted by atomic mass is 10.1. The van der Waals surface area contributed by atoms with E-state index in [1.807, 2.05) is 6.92 Å². The van der Waals surface area contributed by atoms with Crippen molar-refractivity contribution in [2.45, 2.75) is 32.2 Å². The van der Waals surface area contributed by atoms with Gasteiger partial charge in [0.25, 0.3) is 0 Å². The highest BCUT2D eigenvalue weighted by Crippen LogP contribution is 2.24. The Morgan fingerprint density at radius 3 is 2.69 bits per heavy atom. The number of carbonyl (C=O) groups is 1. The zero-order valence-electron chi connectivity index (χ0n) is 10.0. The first-order chi connectivity index (χ1) is 7.56. The van der Waals surface area contributed by atoms with Gasteiger partial charge in [-0.15, -0.1) is 0 Å². The number of nitrogens with one attached hydrogen (secondary N) is 1. The van der Waals surface area contributed by atoms with Gasteiger partial charge in [-0.1, -0.05) is 19.1 Å². The van der Waals surface area contributed by atoms with Crippen LogP contribution in [0.5, 0.6) is 0 Å². The molecule has 1 fully saturated rings. The fourth-order valence-corrected chi connectivity index (χ4v) is 1.97. The molecule has 0 aromatic rings. The van der Waals surface area contributed by atoms with E-state index in [1.54, 1.807) is 0 Å². The summed E-state index contributed by atoms with van der Waals surface area (Å²) in [5, 5.41) is 2.88. The molecule has 0 heterocycles. The van der Waals surface area contributed by atoms with Crippen LogP contribution in [-0.4, -0.2) is 42.0 Å². The molecule has 0 radical (unpaired) electrons. The lowest BCUT2D eigenvalue weighted by Crippen LogP contribution is -2.40. The van der Waals surface area contributed by atoms with E-state index in [2.05, 4.69) is 17.3 Å². The molecule has 0 bridgehead atoms. The van der Waals surface area contributed by atoms with Gasteiger partial charge in [0.2, 0.25) is 5.91 Å². The summed E-state index contributed by atoms with van der Waals surface area (Å²) in [4.78, 5) is 14.3. The van der Waals surface area contributed by atoms with Gasteiger partial charge in [0.15, 0.2) is 0 Å². The number of amides is 1. The van der Waals surface area contributed by atoms with Crippen molar-refractivity contribution in [2.75, 3.05) is 20.1 Å². The molecule has 92 valence electrons. The molecule has 1 rings (SSSR count). The van der Waals surface area contributed by atoms with E-state index in [9.17, 15) is 4.79 Å². The molecule has 0 aromatic carbocycles. The van der Waals surface area contributed by atoms with Crippen LogP contribution in [-0.2, 0) is 4.79 Å². The van der Waals surface area contributed by atoms with Crippen molar-refractivity contribution in [3.63, 3.8) is 0 Å². The summed E-state index contributed by atoms with van der Waals surface area (Å²) < 4.78 is 0. The van der Waals surface area contributed by atoms with Crippen LogP contribution < -0.4 is 11.1 Å². The number of nitrogens with two attached hydrogens (primary N) is 1. The fraction of sp³-hybridized carbons (Fsp3) is 0.818. The minimum Gasteiger partial charge on any atom is -0.393 e.